The lowest BCUT2D eigenvalue weighted by molar-refractivity contribution is -0.257. The summed E-state index contributed by atoms with van der Waals surface area (Å²) in [5.41, 5.74) is 4.07. The number of para-hydroxylation sites is 1. The number of nitrogens with one attached hydrogen (secondary N) is 1. The van der Waals surface area contributed by atoms with Crippen molar-refractivity contribution in [1.82, 2.24) is 10.2 Å². The van der Waals surface area contributed by atoms with Crippen LogP contribution in [0.1, 0.15) is 27.9 Å². The predicted molar refractivity (Wildman–Crippen MR) is 70.0 cm³/mol. The van der Waals surface area contributed by atoms with Crippen molar-refractivity contribution >= 4 is 17.6 Å². The molecule has 2 rings (SSSR count). The van der Waals surface area contributed by atoms with Gasteiger partial charge in [0.2, 0.25) is 0 Å². The number of nitrogens with zero attached hydrogens (tertiary/aromatic N) is 1. The minimum absolute atomic E-state index is 0.343. The molecule has 0 aliphatic rings. The molecule has 0 amide bonds. The molecule has 1 aromatic carbocycles. The van der Waals surface area contributed by atoms with Crippen molar-refractivity contribution in [3.05, 3.63) is 41.7 Å². The average molecular weight is 293 g/mol. The average Bonchev–Trinajstić information content (AvgIpc) is 2.92. The minimum atomic E-state index is -1.48. The molecule has 21 heavy (non-hydrogen) atoms. The first-order valence-electron chi connectivity index (χ1n) is 5.99. The predicted octanol–water partition coefficient (Wildman–Crippen LogP) is -0.570. The molecule has 1 heterocycles. The molecular formula is C13H15N3O5. The van der Waals surface area contributed by atoms with Crippen LogP contribution in [0.5, 0.6) is 5.75 Å². The van der Waals surface area contributed by atoms with Crippen molar-refractivity contribution in [2.45, 2.75) is 6.92 Å². The van der Waals surface area contributed by atoms with Gasteiger partial charge in [-0.2, -0.15) is 5.10 Å². The monoisotopic (exact) mass is 293 g/mol. The lowest BCUT2D eigenvalue weighted by atomic mass is 10.3. The normalized spacial score (nSPS) is 9.43. The third kappa shape index (κ3) is 4.96. The highest BCUT2D eigenvalue weighted by molar-refractivity contribution is 5.90. The SMILES string of the molecule is CCOc1ccccc1[NH3+].O=C(O)c1cc(C(=O)[O-])[nH]n1. The van der Waals surface area contributed by atoms with Gasteiger partial charge < -0.3 is 25.5 Å². The number of rotatable bonds is 4. The van der Waals surface area contributed by atoms with Gasteiger partial charge in [-0.25, -0.2) is 4.79 Å². The molecule has 112 valence electrons. The number of quaternary nitrogens is 1. The molecule has 0 fully saturated rings. The van der Waals surface area contributed by atoms with Crippen LogP contribution in [0, 0.1) is 0 Å². The second kappa shape index (κ2) is 7.65. The van der Waals surface area contributed by atoms with Crippen molar-refractivity contribution in [2.24, 2.45) is 0 Å². The molecule has 5 N–H and O–H groups in total. The van der Waals surface area contributed by atoms with Crippen LogP contribution in [0.3, 0.4) is 0 Å². The summed E-state index contributed by atoms with van der Waals surface area (Å²) < 4.78 is 5.27. The van der Waals surface area contributed by atoms with Crippen LogP contribution in [-0.4, -0.2) is 33.8 Å². The fraction of sp³-hybridized carbons (Fsp3) is 0.154. The number of carbonyl (C=O) groups is 2. The third-order valence-corrected chi connectivity index (χ3v) is 2.29. The van der Waals surface area contributed by atoms with Crippen LogP contribution in [0.25, 0.3) is 0 Å². The van der Waals surface area contributed by atoms with E-state index in [-0.39, 0.29) is 11.4 Å². The summed E-state index contributed by atoms with van der Waals surface area (Å²) in [5, 5.41) is 23.5. The van der Waals surface area contributed by atoms with Crippen LogP contribution in [0.2, 0.25) is 0 Å². The number of ether oxygens (including phenoxy) is 1. The number of aromatic nitrogens is 2. The number of H-pyrrole nitrogens is 1. The maximum atomic E-state index is 10.1. The van der Waals surface area contributed by atoms with E-state index in [9.17, 15) is 14.7 Å². The van der Waals surface area contributed by atoms with Crippen molar-refractivity contribution in [3.63, 3.8) is 0 Å². The molecule has 0 radical (unpaired) electrons. The van der Waals surface area contributed by atoms with Gasteiger partial charge in [-0.05, 0) is 19.1 Å². The molecule has 1 aromatic heterocycles. The van der Waals surface area contributed by atoms with Crippen molar-refractivity contribution in [2.75, 3.05) is 6.61 Å². The maximum Gasteiger partial charge on any atom is 0.356 e. The standard InChI is InChI=1S/C8H11NO.C5H4N2O4/c1-2-10-8-6-4-3-5-7(8)9;8-4(9)2-1-3(5(10)11)7-6-2/h3-6H,2,9H2,1H3;1H,(H,6,7)(H,8,9)(H,10,11). The molecule has 8 heteroatoms. The first-order valence-corrected chi connectivity index (χ1v) is 5.99. The highest BCUT2D eigenvalue weighted by Gasteiger charge is 2.07. The van der Waals surface area contributed by atoms with Gasteiger partial charge >= 0.3 is 5.97 Å². The Bertz CT molecular complexity index is 595. The maximum absolute atomic E-state index is 10.1. The van der Waals surface area contributed by atoms with E-state index < -0.39 is 11.9 Å². The number of aromatic amines is 1. The zero-order valence-electron chi connectivity index (χ0n) is 11.3. The Kier molecular flexibility index (Phi) is 5.90. The topological polar surface area (TPSA) is 143 Å². The van der Waals surface area contributed by atoms with Crippen molar-refractivity contribution < 1.29 is 30.3 Å². The third-order valence-electron chi connectivity index (χ3n) is 2.29. The molecule has 0 saturated heterocycles. The van der Waals surface area contributed by atoms with Gasteiger partial charge in [0.25, 0.3) is 0 Å². The lowest BCUT2D eigenvalue weighted by Crippen LogP contribution is -2.40. The summed E-state index contributed by atoms with van der Waals surface area (Å²) in [6.07, 6.45) is 0. The number of benzene rings is 1. The summed E-state index contributed by atoms with van der Waals surface area (Å²) in [5.74, 6) is -1.89. The fourth-order valence-corrected chi connectivity index (χ4v) is 1.34. The molecule has 0 bridgehead atoms. The number of hydrogen-bond donors (Lipinski definition) is 3. The molecule has 8 nitrogen and oxygen atoms in total. The lowest BCUT2D eigenvalue weighted by Gasteiger charge is -2.01. The first-order chi connectivity index (χ1) is 9.95. The summed E-state index contributed by atoms with van der Waals surface area (Å²) in [7, 11) is 0. The molecule has 0 atom stereocenters. The Morgan fingerprint density at radius 1 is 1.43 bits per heavy atom. The number of carboxylic acid groups (broad SMARTS) is 2. The summed E-state index contributed by atoms with van der Waals surface area (Å²) in [6, 6.07) is 8.64. The molecule has 0 spiro atoms. The molecule has 0 unspecified atom stereocenters. The Morgan fingerprint density at radius 2 is 2.10 bits per heavy atom. The smallest absolute Gasteiger partial charge is 0.356 e. The quantitative estimate of drug-likeness (QED) is 0.688. The first kappa shape index (κ1) is 16.2. The number of hydrogen-bond acceptors (Lipinski definition) is 5. The van der Waals surface area contributed by atoms with Gasteiger partial charge in [-0.15, -0.1) is 0 Å². The Morgan fingerprint density at radius 3 is 2.52 bits per heavy atom. The van der Waals surface area contributed by atoms with E-state index in [0.717, 1.165) is 17.5 Å². The van der Waals surface area contributed by atoms with Crippen LogP contribution in [-0.2, 0) is 0 Å². The van der Waals surface area contributed by atoms with Gasteiger partial charge in [0.1, 0.15) is 0 Å². The molecular weight excluding hydrogens is 278 g/mol. The van der Waals surface area contributed by atoms with Gasteiger partial charge in [0, 0.05) is 6.07 Å². The fourth-order valence-electron chi connectivity index (χ4n) is 1.34. The highest BCUT2D eigenvalue weighted by atomic mass is 16.5. The van der Waals surface area contributed by atoms with Crippen LogP contribution in [0.4, 0.5) is 5.69 Å². The summed E-state index contributed by atoms with van der Waals surface area (Å²) >= 11 is 0. The second-order valence-corrected chi connectivity index (χ2v) is 3.80. The van der Waals surface area contributed by atoms with E-state index in [4.69, 9.17) is 9.84 Å². The Labute approximate surface area is 120 Å². The molecule has 0 aliphatic heterocycles. The van der Waals surface area contributed by atoms with Crippen LogP contribution in [0.15, 0.2) is 30.3 Å². The summed E-state index contributed by atoms with van der Waals surface area (Å²) in [4.78, 5) is 20.2. The molecule has 2 aromatic rings. The molecule has 0 saturated carbocycles. The minimum Gasteiger partial charge on any atom is -0.543 e. The van der Waals surface area contributed by atoms with E-state index in [1.54, 1.807) is 0 Å². The van der Waals surface area contributed by atoms with Crippen LogP contribution >= 0.6 is 0 Å². The second-order valence-electron chi connectivity index (χ2n) is 3.80. The Balaban J connectivity index is 0.000000211. The van der Waals surface area contributed by atoms with Crippen molar-refractivity contribution in [1.29, 1.82) is 0 Å². The highest BCUT2D eigenvalue weighted by Crippen LogP contribution is 2.17. The largest absolute Gasteiger partial charge is 0.543 e. The van der Waals surface area contributed by atoms with Gasteiger partial charge in [0.05, 0.1) is 18.3 Å². The van der Waals surface area contributed by atoms with E-state index >= 15 is 0 Å². The van der Waals surface area contributed by atoms with Gasteiger partial charge in [0.15, 0.2) is 17.1 Å². The van der Waals surface area contributed by atoms with Crippen molar-refractivity contribution in [3.8, 4) is 5.75 Å². The Hall–Kier alpha value is -2.87. The molecule has 0 aliphatic carbocycles. The van der Waals surface area contributed by atoms with E-state index in [1.807, 2.05) is 36.3 Å². The van der Waals surface area contributed by atoms with Gasteiger partial charge in [-0.1, -0.05) is 12.1 Å². The van der Waals surface area contributed by atoms with E-state index in [1.165, 1.54) is 0 Å². The van der Waals surface area contributed by atoms with Gasteiger partial charge in [-0.3, -0.25) is 5.10 Å². The van der Waals surface area contributed by atoms with Crippen LogP contribution < -0.4 is 15.6 Å². The zero-order valence-corrected chi connectivity index (χ0v) is 11.3. The van der Waals surface area contributed by atoms with E-state index in [0.29, 0.717) is 6.61 Å². The zero-order chi connectivity index (χ0) is 15.8. The summed E-state index contributed by atoms with van der Waals surface area (Å²) in [6.45, 7) is 2.67. The van der Waals surface area contributed by atoms with E-state index in [2.05, 4.69) is 10.8 Å². The number of carboxylic acids is 2. The number of carbonyl (C=O) groups excluding carboxylic acids is 1. The number of aromatic carboxylic acids is 2.